The summed E-state index contributed by atoms with van der Waals surface area (Å²) < 4.78 is 17.9. The third-order valence-electron chi connectivity index (χ3n) is 7.84. The number of Topliss-reactive ketones (excluding diaryl/α,β-unsaturated/α-hetero) is 1. The van der Waals surface area contributed by atoms with Crippen molar-refractivity contribution in [2.75, 3.05) is 0 Å². The quantitative estimate of drug-likeness (QED) is 0.482. The van der Waals surface area contributed by atoms with Gasteiger partial charge in [-0.25, -0.2) is 4.39 Å². The predicted molar refractivity (Wildman–Crippen MR) is 112 cm³/mol. The predicted octanol–water partition coefficient (Wildman–Crippen LogP) is 3.45. The number of nitrogens with zero attached hydrogens (tertiary/aromatic N) is 5. The van der Waals surface area contributed by atoms with Crippen LogP contribution in [0.3, 0.4) is 0 Å². The average Bonchev–Trinajstić information content (AvgIpc) is 3.55. The Labute approximate surface area is 179 Å². The molecule has 4 atom stereocenters. The summed E-state index contributed by atoms with van der Waals surface area (Å²) in [5.74, 6) is 0.460. The molecular formula is C24H24FN5O. The van der Waals surface area contributed by atoms with Crippen molar-refractivity contribution >= 4 is 5.78 Å². The first kappa shape index (κ1) is 17.8. The van der Waals surface area contributed by atoms with E-state index in [-0.39, 0.29) is 17.6 Å². The van der Waals surface area contributed by atoms with Crippen LogP contribution in [0.15, 0.2) is 24.4 Å². The maximum Gasteiger partial charge on any atom is 0.188 e. The van der Waals surface area contributed by atoms with E-state index in [1.54, 1.807) is 18.3 Å². The second kappa shape index (κ2) is 5.51. The molecule has 158 valence electrons. The summed E-state index contributed by atoms with van der Waals surface area (Å²) in [4.78, 5) is 16.1. The van der Waals surface area contributed by atoms with Crippen LogP contribution in [-0.4, -0.2) is 41.8 Å². The molecule has 3 fully saturated rings. The van der Waals surface area contributed by atoms with Crippen LogP contribution >= 0.6 is 0 Å². The number of rotatable bonds is 4. The van der Waals surface area contributed by atoms with Gasteiger partial charge >= 0.3 is 0 Å². The number of hydrogen-bond acceptors (Lipinski definition) is 4. The van der Waals surface area contributed by atoms with Crippen LogP contribution in [0.2, 0.25) is 0 Å². The lowest BCUT2D eigenvalue weighted by molar-refractivity contribution is 0.0765. The van der Waals surface area contributed by atoms with E-state index in [0.29, 0.717) is 12.0 Å². The summed E-state index contributed by atoms with van der Waals surface area (Å²) in [7, 11) is 3.86. The molecule has 4 aliphatic rings. The van der Waals surface area contributed by atoms with Gasteiger partial charge in [0.1, 0.15) is 11.4 Å². The van der Waals surface area contributed by atoms with Gasteiger partial charge in [0.2, 0.25) is 0 Å². The SMILES string of the molecule is Cc1cc(F)cc(-c2c3c(nn2C)[C@@H]2N4[C@H](C3)CC24C(=O)c2cnn(C)c2C2CC2)c1. The van der Waals surface area contributed by atoms with E-state index >= 15 is 0 Å². The second-order valence-corrected chi connectivity index (χ2v) is 9.82. The molecule has 2 aromatic heterocycles. The monoisotopic (exact) mass is 417 g/mol. The molecule has 2 saturated heterocycles. The molecule has 5 heterocycles. The van der Waals surface area contributed by atoms with Crippen molar-refractivity contribution in [2.45, 2.75) is 56.1 Å². The van der Waals surface area contributed by atoms with Gasteiger partial charge in [0.25, 0.3) is 0 Å². The fraction of sp³-hybridized carbons (Fsp3) is 0.458. The number of hydrogen-bond donors (Lipinski definition) is 0. The topological polar surface area (TPSA) is 55.7 Å². The first-order chi connectivity index (χ1) is 14.9. The standard InChI is InChI=1S/C24H24FN5O/c1-12-6-14(8-15(25)7-12)21-17-9-16-10-24(22(30(16)24)19(17)27-29(21)3)23(31)18-11-26-28(2)20(18)13-4-5-13/h6-8,11,13,16,22H,4-5,9-10H2,1-3H3/t16-,22+,24?,30?/m1/s1. The molecule has 0 amide bonds. The molecule has 1 aliphatic carbocycles. The van der Waals surface area contributed by atoms with Crippen molar-refractivity contribution in [3.05, 3.63) is 58.3 Å². The van der Waals surface area contributed by atoms with Gasteiger partial charge in [-0.3, -0.25) is 19.1 Å². The Bertz CT molecular complexity index is 1280. The summed E-state index contributed by atoms with van der Waals surface area (Å²) in [5.41, 5.74) is 6.38. The number of carbonyl (C=O) groups excluding carboxylic acids is 1. The highest BCUT2D eigenvalue weighted by Gasteiger charge is 2.80. The van der Waals surface area contributed by atoms with Crippen LogP contribution in [0.4, 0.5) is 4.39 Å². The van der Waals surface area contributed by atoms with E-state index in [0.717, 1.165) is 59.5 Å². The zero-order valence-corrected chi connectivity index (χ0v) is 17.9. The largest absolute Gasteiger partial charge is 0.292 e. The van der Waals surface area contributed by atoms with Gasteiger partial charge < -0.3 is 0 Å². The lowest BCUT2D eigenvalue weighted by Crippen LogP contribution is -2.48. The molecule has 7 heteroatoms. The van der Waals surface area contributed by atoms with Gasteiger partial charge in [-0.05, 0) is 56.4 Å². The Kier molecular flexibility index (Phi) is 3.17. The Morgan fingerprint density at radius 2 is 2.00 bits per heavy atom. The molecule has 31 heavy (non-hydrogen) atoms. The van der Waals surface area contributed by atoms with Crippen LogP contribution < -0.4 is 0 Å². The van der Waals surface area contributed by atoms with E-state index in [1.165, 1.54) is 5.56 Å². The maximum absolute atomic E-state index is 14.1. The van der Waals surface area contributed by atoms with E-state index in [9.17, 15) is 9.18 Å². The Morgan fingerprint density at radius 1 is 1.19 bits per heavy atom. The minimum Gasteiger partial charge on any atom is -0.292 e. The zero-order chi connectivity index (χ0) is 21.2. The lowest BCUT2D eigenvalue weighted by atomic mass is 9.83. The van der Waals surface area contributed by atoms with Crippen molar-refractivity contribution < 1.29 is 9.18 Å². The summed E-state index contributed by atoms with van der Waals surface area (Å²) in [5, 5.41) is 9.28. The summed E-state index contributed by atoms with van der Waals surface area (Å²) in [6, 6.07) is 5.55. The second-order valence-electron chi connectivity index (χ2n) is 9.82. The zero-order valence-electron chi connectivity index (χ0n) is 17.9. The number of halogens is 1. The lowest BCUT2D eigenvalue weighted by Gasteiger charge is -2.35. The van der Waals surface area contributed by atoms with E-state index in [1.807, 2.05) is 36.4 Å². The van der Waals surface area contributed by atoms with Crippen LogP contribution in [-0.2, 0) is 20.5 Å². The number of aryl methyl sites for hydroxylation is 3. The van der Waals surface area contributed by atoms with Crippen molar-refractivity contribution in [1.29, 1.82) is 0 Å². The van der Waals surface area contributed by atoms with Crippen molar-refractivity contribution in [1.82, 2.24) is 24.5 Å². The number of aromatic nitrogens is 4. The normalized spacial score (nSPS) is 29.9. The van der Waals surface area contributed by atoms with Gasteiger partial charge in [0.15, 0.2) is 5.78 Å². The summed E-state index contributed by atoms with van der Waals surface area (Å²) >= 11 is 0. The molecular weight excluding hydrogens is 393 g/mol. The van der Waals surface area contributed by atoms with Gasteiger partial charge in [0, 0.05) is 37.2 Å². The first-order valence-corrected chi connectivity index (χ1v) is 11.1. The minimum atomic E-state index is -0.452. The number of ketones is 1. The first-order valence-electron chi connectivity index (χ1n) is 11.1. The third kappa shape index (κ3) is 2.12. The molecule has 1 saturated carbocycles. The van der Waals surface area contributed by atoms with Crippen LogP contribution in [0.5, 0.6) is 0 Å². The Morgan fingerprint density at radius 3 is 2.74 bits per heavy atom. The molecule has 3 aliphatic heterocycles. The van der Waals surface area contributed by atoms with Gasteiger partial charge in [-0.1, -0.05) is 0 Å². The van der Waals surface area contributed by atoms with Crippen molar-refractivity contribution in [3.63, 3.8) is 0 Å². The summed E-state index contributed by atoms with van der Waals surface area (Å²) in [6.45, 7) is 1.91. The average molecular weight is 417 g/mol. The summed E-state index contributed by atoms with van der Waals surface area (Å²) in [6.07, 6.45) is 5.79. The molecule has 6 nitrogen and oxygen atoms in total. The maximum atomic E-state index is 14.1. The van der Waals surface area contributed by atoms with E-state index in [2.05, 4.69) is 10.00 Å². The fourth-order valence-electron chi connectivity index (χ4n) is 6.49. The van der Waals surface area contributed by atoms with Crippen molar-refractivity contribution in [3.8, 4) is 11.3 Å². The van der Waals surface area contributed by atoms with E-state index < -0.39 is 5.54 Å². The molecule has 0 N–H and O–H groups in total. The third-order valence-corrected chi connectivity index (χ3v) is 7.84. The molecule has 7 rings (SSSR count). The number of carbonyl (C=O) groups is 1. The van der Waals surface area contributed by atoms with Gasteiger partial charge in [-0.2, -0.15) is 10.2 Å². The molecule has 0 spiro atoms. The Balaban J connectivity index is 1.31. The highest BCUT2D eigenvalue weighted by atomic mass is 19.1. The minimum absolute atomic E-state index is 0.0376. The molecule has 2 unspecified atom stereocenters. The molecule has 0 radical (unpaired) electrons. The highest BCUT2D eigenvalue weighted by Crippen LogP contribution is 2.70. The smallest absolute Gasteiger partial charge is 0.188 e. The Hall–Kier alpha value is -2.80. The van der Waals surface area contributed by atoms with Crippen molar-refractivity contribution in [2.24, 2.45) is 14.1 Å². The molecule has 3 aromatic rings. The highest BCUT2D eigenvalue weighted by molar-refractivity contribution is 6.08. The molecule has 0 bridgehead atoms. The van der Waals surface area contributed by atoms with Gasteiger partial charge in [0.05, 0.1) is 34.9 Å². The number of benzene rings is 1. The molecule has 1 aromatic carbocycles. The van der Waals surface area contributed by atoms with Crippen LogP contribution in [0.1, 0.15) is 64.1 Å². The van der Waals surface area contributed by atoms with Crippen LogP contribution in [0, 0.1) is 12.7 Å². The number of fused-ring (bicyclic) bond motifs is 3. The van der Waals surface area contributed by atoms with Crippen LogP contribution in [0.25, 0.3) is 11.3 Å². The van der Waals surface area contributed by atoms with Gasteiger partial charge in [-0.15, -0.1) is 0 Å². The van der Waals surface area contributed by atoms with E-state index in [4.69, 9.17) is 5.10 Å². The fourth-order valence-corrected chi connectivity index (χ4v) is 6.49.